The van der Waals surface area contributed by atoms with Gasteiger partial charge in [0.05, 0.1) is 6.26 Å². The average molecular weight is 208 g/mol. The van der Waals surface area contributed by atoms with Crippen molar-refractivity contribution in [3.8, 4) is 5.75 Å². The van der Waals surface area contributed by atoms with Crippen LogP contribution in [0.2, 0.25) is 0 Å². The van der Waals surface area contributed by atoms with E-state index in [1.165, 1.54) is 6.26 Å². The van der Waals surface area contributed by atoms with Crippen LogP contribution in [-0.4, -0.2) is 23.9 Å². The highest BCUT2D eigenvalue weighted by Crippen LogP contribution is 2.12. The van der Waals surface area contributed by atoms with Crippen molar-refractivity contribution < 1.29 is 14.6 Å². The molecule has 0 saturated carbocycles. The minimum atomic E-state index is -0.664. The van der Waals surface area contributed by atoms with E-state index in [2.05, 4.69) is 6.58 Å². The van der Waals surface area contributed by atoms with Crippen molar-refractivity contribution in [1.29, 1.82) is 0 Å². The molecule has 15 heavy (non-hydrogen) atoms. The largest absolute Gasteiger partial charge is 0.499 e. The minimum absolute atomic E-state index is 0.192. The van der Waals surface area contributed by atoms with Gasteiger partial charge in [0, 0.05) is 0 Å². The second-order valence-electron chi connectivity index (χ2n) is 3.20. The van der Waals surface area contributed by atoms with Gasteiger partial charge in [0.2, 0.25) is 0 Å². The second-order valence-corrected chi connectivity index (χ2v) is 3.20. The lowest BCUT2D eigenvalue weighted by molar-refractivity contribution is 0.00363. The van der Waals surface area contributed by atoms with E-state index in [-0.39, 0.29) is 12.7 Å². The molecule has 3 heteroatoms. The first-order chi connectivity index (χ1) is 7.24. The Morgan fingerprint density at radius 1 is 1.40 bits per heavy atom. The fourth-order valence-electron chi connectivity index (χ4n) is 1.09. The first-order valence-electron chi connectivity index (χ1n) is 4.86. The molecule has 0 radical (unpaired) electrons. The van der Waals surface area contributed by atoms with Crippen LogP contribution in [0.4, 0.5) is 0 Å². The highest BCUT2D eigenvalue weighted by atomic mass is 16.5. The molecular weight excluding hydrogens is 192 g/mol. The predicted molar refractivity (Wildman–Crippen MR) is 58.7 cm³/mol. The number of aliphatic hydroxyl groups excluding tert-OH is 1. The highest BCUT2D eigenvalue weighted by molar-refractivity contribution is 5.21. The van der Waals surface area contributed by atoms with E-state index in [1.807, 2.05) is 30.3 Å². The number of rotatable bonds is 6. The maximum atomic E-state index is 9.61. The topological polar surface area (TPSA) is 38.7 Å². The van der Waals surface area contributed by atoms with Crippen molar-refractivity contribution in [1.82, 2.24) is 0 Å². The van der Waals surface area contributed by atoms with Crippen LogP contribution in [0.3, 0.4) is 0 Å². The van der Waals surface area contributed by atoms with Crippen LogP contribution >= 0.6 is 0 Å². The highest BCUT2D eigenvalue weighted by Gasteiger charge is 2.15. The molecule has 0 saturated heterocycles. The first kappa shape index (κ1) is 11.6. The lowest BCUT2D eigenvalue weighted by Crippen LogP contribution is -2.32. The standard InChI is InChI=1S/C12H16O3/c1-3-14-9-12(13)10(2)15-11-7-5-4-6-8-11/h3-8,10,12-13H,1,9H2,2H3. The summed E-state index contributed by atoms with van der Waals surface area (Å²) in [5, 5.41) is 9.61. The third-order valence-electron chi connectivity index (χ3n) is 1.99. The molecule has 3 nitrogen and oxygen atoms in total. The molecule has 0 amide bonds. The zero-order chi connectivity index (χ0) is 11.1. The number of ether oxygens (including phenoxy) is 2. The van der Waals surface area contributed by atoms with Crippen molar-refractivity contribution in [2.24, 2.45) is 0 Å². The van der Waals surface area contributed by atoms with E-state index >= 15 is 0 Å². The number of benzene rings is 1. The molecule has 0 fully saturated rings. The van der Waals surface area contributed by atoms with Gasteiger partial charge in [0.15, 0.2) is 0 Å². The van der Waals surface area contributed by atoms with E-state index in [0.717, 1.165) is 5.75 Å². The zero-order valence-corrected chi connectivity index (χ0v) is 8.80. The van der Waals surface area contributed by atoms with Gasteiger partial charge in [-0.15, -0.1) is 0 Å². The van der Waals surface area contributed by atoms with Crippen molar-refractivity contribution in [3.05, 3.63) is 43.2 Å². The van der Waals surface area contributed by atoms with Gasteiger partial charge in [0.1, 0.15) is 24.6 Å². The van der Waals surface area contributed by atoms with Crippen LogP contribution in [0.5, 0.6) is 5.75 Å². The van der Waals surface area contributed by atoms with E-state index in [9.17, 15) is 5.11 Å². The molecule has 0 bridgehead atoms. The van der Waals surface area contributed by atoms with Gasteiger partial charge in [-0.1, -0.05) is 24.8 Å². The van der Waals surface area contributed by atoms with Gasteiger partial charge < -0.3 is 14.6 Å². The Kier molecular flexibility index (Phi) is 4.71. The number of hydrogen-bond acceptors (Lipinski definition) is 3. The summed E-state index contributed by atoms with van der Waals surface area (Å²) in [6, 6.07) is 9.37. The quantitative estimate of drug-likeness (QED) is 0.726. The Morgan fingerprint density at radius 3 is 2.67 bits per heavy atom. The lowest BCUT2D eigenvalue weighted by Gasteiger charge is -2.19. The molecule has 2 unspecified atom stereocenters. The van der Waals surface area contributed by atoms with Crippen molar-refractivity contribution >= 4 is 0 Å². The van der Waals surface area contributed by atoms with Gasteiger partial charge in [0.25, 0.3) is 0 Å². The maximum Gasteiger partial charge on any atom is 0.125 e. The number of para-hydroxylation sites is 1. The molecule has 1 rings (SSSR count). The Bertz CT molecular complexity index is 284. The molecule has 0 heterocycles. The third-order valence-corrected chi connectivity index (χ3v) is 1.99. The Hall–Kier alpha value is -1.48. The van der Waals surface area contributed by atoms with Crippen LogP contribution in [0.15, 0.2) is 43.2 Å². The van der Waals surface area contributed by atoms with Crippen molar-refractivity contribution in [2.75, 3.05) is 6.61 Å². The summed E-state index contributed by atoms with van der Waals surface area (Å²) < 4.78 is 10.4. The number of aliphatic hydroxyl groups is 1. The maximum absolute atomic E-state index is 9.61. The molecule has 1 N–H and O–H groups in total. The Morgan fingerprint density at radius 2 is 2.07 bits per heavy atom. The molecule has 0 aliphatic carbocycles. The molecule has 82 valence electrons. The zero-order valence-electron chi connectivity index (χ0n) is 8.80. The summed E-state index contributed by atoms with van der Waals surface area (Å²) in [7, 11) is 0. The molecule has 0 aromatic heterocycles. The van der Waals surface area contributed by atoms with Crippen LogP contribution in [0, 0.1) is 0 Å². The van der Waals surface area contributed by atoms with Crippen LogP contribution < -0.4 is 4.74 Å². The summed E-state index contributed by atoms with van der Waals surface area (Å²) in [4.78, 5) is 0. The molecule has 0 spiro atoms. The molecule has 1 aromatic carbocycles. The fraction of sp³-hybridized carbons (Fsp3) is 0.333. The van der Waals surface area contributed by atoms with Crippen molar-refractivity contribution in [2.45, 2.75) is 19.1 Å². The summed E-state index contributed by atoms with van der Waals surface area (Å²) >= 11 is 0. The first-order valence-corrected chi connectivity index (χ1v) is 4.86. The summed E-state index contributed by atoms with van der Waals surface area (Å²) in [6.07, 6.45) is 0.328. The van der Waals surface area contributed by atoms with Crippen LogP contribution in [0.1, 0.15) is 6.92 Å². The normalized spacial score (nSPS) is 14.0. The Balaban J connectivity index is 2.41. The van der Waals surface area contributed by atoms with E-state index in [0.29, 0.717) is 0 Å². The van der Waals surface area contributed by atoms with Gasteiger partial charge in [-0.05, 0) is 19.1 Å². The van der Waals surface area contributed by atoms with Gasteiger partial charge in [-0.3, -0.25) is 0 Å². The second kappa shape index (κ2) is 6.09. The lowest BCUT2D eigenvalue weighted by atomic mass is 10.2. The van der Waals surface area contributed by atoms with E-state index in [4.69, 9.17) is 9.47 Å². The molecular formula is C12H16O3. The van der Waals surface area contributed by atoms with Gasteiger partial charge in [-0.25, -0.2) is 0 Å². The average Bonchev–Trinajstić information content (AvgIpc) is 2.27. The van der Waals surface area contributed by atoms with Gasteiger partial charge >= 0.3 is 0 Å². The molecule has 1 aromatic rings. The minimum Gasteiger partial charge on any atom is -0.499 e. The van der Waals surface area contributed by atoms with E-state index < -0.39 is 6.10 Å². The van der Waals surface area contributed by atoms with E-state index in [1.54, 1.807) is 6.92 Å². The summed E-state index contributed by atoms with van der Waals surface area (Å²) in [6.45, 7) is 5.39. The SMILES string of the molecule is C=COCC(O)C(C)Oc1ccccc1. The van der Waals surface area contributed by atoms with Crippen molar-refractivity contribution in [3.63, 3.8) is 0 Å². The van der Waals surface area contributed by atoms with Crippen LogP contribution in [0.25, 0.3) is 0 Å². The molecule has 0 aliphatic heterocycles. The third kappa shape index (κ3) is 4.04. The predicted octanol–water partition coefficient (Wildman–Crippen LogP) is 1.97. The van der Waals surface area contributed by atoms with Gasteiger partial charge in [-0.2, -0.15) is 0 Å². The molecule has 0 aliphatic rings. The smallest absolute Gasteiger partial charge is 0.125 e. The van der Waals surface area contributed by atoms with Crippen LogP contribution in [-0.2, 0) is 4.74 Å². The molecule has 2 atom stereocenters. The monoisotopic (exact) mass is 208 g/mol. The summed E-state index contributed by atoms with van der Waals surface area (Å²) in [5.41, 5.74) is 0. The number of hydrogen-bond donors (Lipinski definition) is 1. The summed E-state index contributed by atoms with van der Waals surface area (Å²) in [5.74, 6) is 0.739. The fourth-order valence-corrected chi connectivity index (χ4v) is 1.09. The Labute approximate surface area is 90.0 Å².